The standard InChI is InChI=1S/C7H6N2OS2/c10-3-4-1-6-5(2-8-4)9-7(11)12-6/h1-2,10H,3H2,(H,9,11). The molecule has 0 saturated carbocycles. The van der Waals surface area contributed by atoms with Crippen molar-refractivity contribution in [2.45, 2.75) is 6.61 Å². The second-order valence-electron chi connectivity index (χ2n) is 2.34. The minimum absolute atomic E-state index is 0.0272. The van der Waals surface area contributed by atoms with E-state index in [-0.39, 0.29) is 6.61 Å². The van der Waals surface area contributed by atoms with Gasteiger partial charge in [0.25, 0.3) is 0 Å². The van der Waals surface area contributed by atoms with Gasteiger partial charge in [0.05, 0.1) is 28.7 Å². The van der Waals surface area contributed by atoms with E-state index in [1.807, 2.05) is 6.07 Å². The van der Waals surface area contributed by atoms with Crippen molar-refractivity contribution < 1.29 is 5.11 Å². The summed E-state index contributed by atoms with van der Waals surface area (Å²) in [7, 11) is 0. The summed E-state index contributed by atoms with van der Waals surface area (Å²) in [6.45, 7) is -0.0272. The number of fused-ring (bicyclic) bond motifs is 1. The van der Waals surface area contributed by atoms with E-state index in [1.54, 1.807) is 6.20 Å². The summed E-state index contributed by atoms with van der Waals surface area (Å²) < 4.78 is 1.78. The number of pyridine rings is 1. The summed E-state index contributed by atoms with van der Waals surface area (Å²) in [6, 6.07) is 1.84. The van der Waals surface area contributed by atoms with E-state index in [9.17, 15) is 0 Å². The molecular weight excluding hydrogens is 192 g/mol. The Hall–Kier alpha value is -0.780. The summed E-state index contributed by atoms with van der Waals surface area (Å²) in [6.07, 6.45) is 1.69. The van der Waals surface area contributed by atoms with Crippen molar-refractivity contribution in [2.75, 3.05) is 0 Å². The largest absolute Gasteiger partial charge is 0.390 e. The van der Waals surface area contributed by atoms with Gasteiger partial charge < -0.3 is 10.1 Å². The van der Waals surface area contributed by atoms with Crippen LogP contribution in [0.5, 0.6) is 0 Å². The zero-order chi connectivity index (χ0) is 8.55. The number of aromatic nitrogens is 2. The molecule has 2 N–H and O–H groups in total. The summed E-state index contributed by atoms with van der Waals surface area (Å²) in [5, 5.41) is 8.81. The van der Waals surface area contributed by atoms with Crippen molar-refractivity contribution in [3.8, 4) is 0 Å². The molecule has 0 aliphatic rings. The fourth-order valence-electron chi connectivity index (χ4n) is 0.978. The van der Waals surface area contributed by atoms with Gasteiger partial charge in [0.15, 0.2) is 3.95 Å². The molecule has 0 fully saturated rings. The van der Waals surface area contributed by atoms with Crippen LogP contribution in [0, 0.1) is 3.95 Å². The van der Waals surface area contributed by atoms with Crippen molar-refractivity contribution in [1.29, 1.82) is 0 Å². The van der Waals surface area contributed by atoms with Gasteiger partial charge >= 0.3 is 0 Å². The predicted molar refractivity (Wildman–Crippen MR) is 50.7 cm³/mol. The average Bonchev–Trinajstić information content (AvgIpc) is 2.43. The van der Waals surface area contributed by atoms with E-state index < -0.39 is 0 Å². The predicted octanol–water partition coefficient (Wildman–Crippen LogP) is 1.85. The number of aliphatic hydroxyl groups excluding tert-OH is 1. The maximum Gasteiger partial charge on any atom is 0.159 e. The van der Waals surface area contributed by atoms with Crippen LogP contribution in [0.15, 0.2) is 12.3 Å². The highest BCUT2D eigenvalue weighted by Crippen LogP contribution is 2.18. The van der Waals surface area contributed by atoms with Gasteiger partial charge in [-0.3, -0.25) is 4.98 Å². The first kappa shape index (κ1) is 7.85. The SMILES string of the molecule is OCc1cc2sc(=S)[nH]c2cn1. The number of aliphatic hydroxyl groups is 1. The number of nitrogens with zero attached hydrogens (tertiary/aromatic N) is 1. The third kappa shape index (κ3) is 1.26. The van der Waals surface area contributed by atoms with Crippen LogP contribution < -0.4 is 0 Å². The summed E-state index contributed by atoms with van der Waals surface area (Å²) in [5.41, 5.74) is 1.61. The molecule has 0 unspecified atom stereocenters. The second-order valence-corrected chi connectivity index (χ2v) is 4.06. The Bertz CT molecular complexity index is 460. The first-order valence-electron chi connectivity index (χ1n) is 3.38. The quantitative estimate of drug-likeness (QED) is 0.687. The molecule has 2 heterocycles. The van der Waals surface area contributed by atoms with Gasteiger partial charge in [-0.1, -0.05) is 0 Å². The third-order valence-corrected chi connectivity index (χ3v) is 2.72. The van der Waals surface area contributed by atoms with Crippen LogP contribution in [-0.2, 0) is 6.61 Å². The van der Waals surface area contributed by atoms with Crippen LogP contribution in [0.4, 0.5) is 0 Å². The molecule has 12 heavy (non-hydrogen) atoms. The first-order chi connectivity index (χ1) is 5.79. The lowest BCUT2D eigenvalue weighted by molar-refractivity contribution is 0.277. The molecule has 2 aromatic heterocycles. The van der Waals surface area contributed by atoms with Gasteiger partial charge in [0.2, 0.25) is 0 Å². The van der Waals surface area contributed by atoms with Gasteiger partial charge in [-0.15, -0.1) is 11.3 Å². The lowest BCUT2D eigenvalue weighted by Gasteiger charge is -1.92. The Labute approximate surface area is 77.7 Å². The lowest BCUT2D eigenvalue weighted by Crippen LogP contribution is -1.86. The zero-order valence-corrected chi connectivity index (χ0v) is 7.71. The Morgan fingerprint density at radius 3 is 3.25 bits per heavy atom. The van der Waals surface area contributed by atoms with Gasteiger partial charge in [-0.2, -0.15) is 0 Å². The van der Waals surface area contributed by atoms with E-state index in [0.717, 1.165) is 14.2 Å². The molecule has 62 valence electrons. The van der Waals surface area contributed by atoms with Gasteiger partial charge in [-0.25, -0.2) is 0 Å². The molecule has 3 nitrogen and oxygen atoms in total. The number of hydrogen-bond donors (Lipinski definition) is 2. The molecule has 0 bridgehead atoms. The van der Waals surface area contributed by atoms with E-state index in [4.69, 9.17) is 17.3 Å². The molecule has 0 aromatic carbocycles. The van der Waals surface area contributed by atoms with Gasteiger partial charge in [0, 0.05) is 0 Å². The van der Waals surface area contributed by atoms with E-state index in [2.05, 4.69) is 9.97 Å². The molecule has 2 aromatic rings. The number of H-pyrrole nitrogens is 1. The molecule has 0 atom stereocenters. The number of nitrogens with one attached hydrogen (secondary N) is 1. The number of rotatable bonds is 1. The maximum atomic E-state index is 8.81. The molecule has 0 spiro atoms. The molecule has 0 aliphatic carbocycles. The van der Waals surface area contributed by atoms with Gasteiger partial charge in [0.1, 0.15) is 0 Å². The van der Waals surface area contributed by atoms with Crippen LogP contribution in [0.2, 0.25) is 0 Å². The average molecular weight is 198 g/mol. The normalized spacial score (nSPS) is 10.8. The molecule has 5 heteroatoms. The highest BCUT2D eigenvalue weighted by atomic mass is 32.1. The lowest BCUT2D eigenvalue weighted by atomic mass is 10.3. The highest BCUT2D eigenvalue weighted by Gasteiger charge is 1.98. The minimum Gasteiger partial charge on any atom is -0.390 e. The molecule has 0 amide bonds. The number of thiazole rings is 1. The fraction of sp³-hybridized carbons (Fsp3) is 0.143. The molecule has 2 rings (SSSR count). The minimum atomic E-state index is -0.0272. The van der Waals surface area contributed by atoms with E-state index in [0.29, 0.717) is 5.69 Å². The highest BCUT2D eigenvalue weighted by molar-refractivity contribution is 7.73. The molecule has 0 radical (unpaired) electrons. The van der Waals surface area contributed by atoms with Crippen LogP contribution in [0.25, 0.3) is 10.2 Å². The Balaban J connectivity index is 2.74. The Morgan fingerprint density at radius 1 is 1.67 bits per heavy atom. The third-order valence-electron chi connectivity index (χ3n) is 1.52. The fourth-order valence-corrected chi connectivity index (χ4v) is 2.13. The van der Waals surface area contributed by atoms with Crippen LogP contribution in [0.3, 0.4) is 0 Å². The Kier molecular flexibility index (Phi) is 1.92. The second kappa shape index (κ2) is 2.93. The van der Waals surface area contributed by atoms with Gasteiger partial charge in [-0.05, 0) is 18.3 Å². The first-order valence-corrected chi connectivity index (χ1v) is 4.60. The monoisotopic (exact) mass is 198 g/mol. The van der Waals surface area contributed by atoms with Crippen LogP contribution in [0.1, 0.15) is 5.69 Å². The molecule has 0 saturated heterocycles. The Morgan fingerprint density at radius 2 is 2.50 bits per heavy atom. The summed E-state index contributed by atoms with van der Waals surface area (Å²) in [5.74, 6) is 0. The van der Waals surface area contributed by atoms with Crippen molar-refractivity contribution >= 4 is 33.8 Å². The summed E-state index contributed by atoms with van der Waals surface area (Å²) in [4.78, 5) is 7.02. The van der Waals surface area contributed by atoms with Crippen molar-refractivity contribution in [3.63, 3.8) is 0 Å². The molecular formula is C7H6N2OS2. The summed E-state index contributed by atoms with van der Waals surface area (Å²) >= 11 is 6.45. The van der Waals surface area contributed by atoms with Crippen LogP contribution >= 0.6 is 23.6 Å². The number of hydrogen-bond acceptors (Lipinski definition) is 4. The van der Waals surface area contributed by atoms with Crippen molar-refractivity contribution in [2.24, 2.45) is 0 Å². The smallest absolute Gasteiger partial charge is 0.159 e. The topological polar surface area (TPSA) is 48.9 Å². The van der Waals surface area contributed by atoms with E-state index >= 15 is 0 Å². The van der Waals surface area contributed by atoms with Crippen molar-refractivity contribution in [3.05, 3.63) is 21.9 Å². The van der Waals surface area contributed by atoms with Crippen molar-refractivity contribution in [1.82, 2.24) is 9.97 Å². The zero-order valence-electron chi connectivity index (χ0n) is 6.07. The van der Waals surface area contributed by atoms with Crippen LogP contribution in [-0.4, -0.2) is 15.1 Å². The number of aromatic amines is 1. The maximum absolute atomic E-state index is 8.81. The molecule has 0 aliphatic heterocycles. The van der Waals surface area contributed by atoms with E-state index in [1.165, 1.54) is 11.3 Å².